The molecule has 10 heteroatoms. The summed E-state index contributed by atoms with van der Waals surface area (Å²) in [6, 6.07) is 14.5. The van der Waals surface area contributed by atoms with E-state index in [-0.39, 0.29) is 12.2 Å². The van der Waals surface area contributed by atoms with E-state index in [0.717, 1.165) is 14.9 Å². The maximum atomic E-state index is 13.3. The molecule has 0 saturated carbocycles. The first-order chi connectivity index (χ1) is 17.7. The number of imide groups is 2. The van der Waals surface area contributed by atoms with Gasteiger partial charge in [-0.3, -0.25) is 14.9 Å². The van der Waals surface area contributed by atoms with Gasteiger partial charge in [0, 0.05) is 20.1 Å². The van der Waals surface area contributed by atoms with Gasteiger partial charge in [0.2, 0.25) is 0 Å². The van der Waals surface area contributed by atoms with Crippen molar-refractivity contribution in [2.75, 3.05) is 11.5 Å². The molecule has 0 bridgehead atoms. The molecular weight excluding hydrogens is 583 g/mol. The lowest BCUT2D eigenvalue weighted by Crippen LogP contribution is -2.54. The standard InChI is InChI=1S/C27H21BrCl2N2O5/c1-3-36-24-12-16(4-9-23(24)37-14-17-5-7-19(29)13-21(17)30)11-20-25(33)31-27(35)32(26(20)34)22-8-6-18(28)10-15(22)2/h4-13H,3,14H2,1-2H3,(H,31,33,35)/b20-11-. The number of carbonyl (C=O) groups is 3. The number of barbiturate groups is 1. The zero-order valence-electron chi connectivity index (χ0n) is 19.8. The predicted molar refractivity (Wildman–Crippen MR) is 146 cm³/mol. The van der Waals surface area contributed by atoms with E-state index in [2.05, 4.69) is 21.2 Å². The highest BCUT2D eigenvalue weighted by atomic mass is 79.9. The van der Waals surface area contributed by atoms with E-state index >= 15 is 0 Å². The third kappa shape index (κ3) is 5.98. The zero-order valence-corrected chi connectivity index (χ0v) is 22.9. The van der Waals surface area contributed by atoms with E-state index in [0.29, 0.717) is 45.0 Å². The van der Waals surface area contributed by atoms with Crippen LogP contribution in [0.5, 0.6) is 11.5 Å². The Morgan fingerprint density at radius 3 is 2.46 bits per heavy atom. The molecule has 0 aliphatic carbocycles. The fourth-order valence-electron chi connectivity index (χ4n) is 3.71. The van der Waals surface area contributed by atoms with Crippen LogP contribution in [0, 0.1) is 6.92 Å². The van der Waals surface area contributed by atoms with Gasteiger partial charge in [-0.1, -0.05) is 51.3 Å². The molecular formula is C27H21BrCl2N2O5. The van der Waals surface area contributed by atoms with Crippen molar-refractivity contribution in [3.05, 3.63) is 91.4 Å². The molecule has 4 rings (SSSR count). The van der Waals surface area contributed by atoms with Gasteiger partial charge in [-0.25, -0.2) is 9.69 Å². The molecule has 7 nitrogen and oxygen atoms in total. The van der Waals surface area contributed by atoms with Gasteiger partial charge in [0.25, 0.3) is 11.8 Å². The SMILES string of the molecule is CCOc1cc(/C=C2/C(=O)NC(=O)N(c3ccc(Br)cc3C)C2=O)ccc1OCc1ccc(Cl)cc1Cl. The number of hydrogen-bond donors (Lipinski definition) is 1. The molecule has 1 N–H and O–H groups in total. The second-order valence-electron chi connectivity index (χ2n) is 8.05. The van der Waals surface area contributed by atoms with Crippen LogP contribution in [0.25, 0.3) is 6.08 Å². The molecule has 1 aliphatic rings. The number of benzene rings is 3. The lowest BCUT2D eigenvalue weighted by molar-refractivity contribution is -0.122. The highest BCUT2D eigenvalue weighted by Crippen LogP contribution is 2.32. The van der Waals surface area contributed by atoms with Gasteiger partial charge in [0.05, 0.1) is 12.3 Å². The van der Waals surface area contributed by atoms with E-state index in [1.54, 1.807) is 61.5 Å². The topological polar surface area (TPSA) is 84.9 Å². The summed E-state index contributed by atoms with van der Waals surface area (Å²) in [4.78, 5) is 39.4. The Morgan fingerprint density at radius 1 is 0.973 bits per heavy atom. The van der Waals surface area contributed by atoms with Crippen molar-refractivity contribution in [3.63, 3.8) is 0 Å². The van der Waals surface area contributed by atoms with E-state index < -0.39 is 17.8 Å². The van der Waals surface area contributed by atoms with E-state index in [4.69, 9.17) is 32.7 Å². The van der Waals surface area contributed by atoms with E-state index in [1.807, 2.05) is 6.92 Å². The number of nitrogens with one attached hydrogen (secondary N) is 1. The number of aryl methyl sites for hydroxylation is 1. The molecule has 0 atom stereocenters. The first-order valence-electron chi connectivity index (χ1n) is 11.2. The number of carbonyl (C=O) groups excluding carboxylic acids is 3. The molecule has 0 spiro atoms. The number of halogens is 3. The minimum absolute atomic E-state index is 0.182. The van der Waals surface area contributed by atoms with Gasteiger partial charge in [0.1, 0.15) is 12.2 Å². The third-order valence-electron chi connectivity index (χ3n) is 5.48. The number of rotatable bonds is 7. The normalized spacial score (nSPS) is 14.7. The van der Waals surface area contributed by atoms with Crippen LogP contribution in [0.1, 0.15) is 23.6 Å². The van der Waals surface area contributed by atoms with Gasteiger partial charge in [-0.15, -0.1) is 0 Å². The largest absolute Gasteiger partial charge is 0.490 e. The van der Waals surface area contributed by atoms with Gasteiger partial charge < -0.3 is 9.47 Å². The maximum absolute atomic E-state index is 13.3. The molecule has 3 aromatic rings. The van der Waals surface area contributed by atoms with Gasteiger partial charge in [-0.2, -0.15) is 0 Å². The van der Waals surface area contributed by atoms with Crippen LogP contribution in [-0.4, -0.2) is 24.5 Å². The molecule has 1 saturated heterocycles. The van der Waals surface area contributed by atoms with Crippen LogP contribution in [0.15, 0.2) is 64.6 Å². The van der Waals surface area contributed by atoms with Crippen LogP contribution in [-0.2, 0) is 16.2 Å². The monoisotopic (exact) mass is 602 g/mol. The third-order valence-corrected chi connectivity index (χ3v) is 6.56. The summed E-state index contributed by atoms with van der Waals surface area (Å²) in [7, 11) is 0. The molecule has 4 amide bonds. The summed E-state index contributed by atoms with van der Waals surface area (Å²) in [5, 5.41) is 3.24. The van der Waals surface area contributed by atoms with Gasteiger partial charge >= 0.3 is 6.03 Å². The summed E-state index contributed by atoms with van der Waals surface area (Å²) in [5.74, 6) is -0.634. The van der Waals surface area contributed by atoms with Gasteiger partial charge in [-0.05, 0) is 73.5 Å². The quantitative estimate of drug-likeness (QED) is 0.240. The Bertz CT molecular complexity index is 1440. The predicted octanol–water partition coefficient (Wildman–Crippen LogP) is 6.71. The van der Waals surface area contributed by atoms with E-state index in [1.165, 1.54) is 6.08 Å². The summed E-state index contributed by atoms with van der Waals surface area (Å²) >= 11 is 15.6. The number of anilines is 1. The molecule has 1 fully saturated rings. The Hall–Kier alpha value is -3.33. The van der Waals surface area contributed by atoms with Crippen molar-refractivity contribution in [2.24, 2.45) is 0 Å². The van der Waals surface area contributed by atoms with Crippen LogP contribution in [0.4, 0.5) is 10.5 Å². The summed E-state index contributed by atoms with van der Waals surface area (Å²) in [5.41, 5.74) is 2.14. The van der Waals surface area contributed by atoms with Crippen molar-refractivity contribution in [3.8, 4) is 11.5 Å². The fraction of sp³-hybridized carbons (Fsp3) is 0.148. The zero-order chi connectivity index (χ0) is 26.7. The number of hydrogen-bond acceptors (Lipinski definition) is 5. The van der Waals surface area contributed by atoms with E-state index in [9.17, 15) is 14.4 Å². The average Bonchev–Trinajstić information content (AvgIpc) is 2.83. The van der Waals surface area contributed by atoms with Crippen molar-refractivity contribution in [2.45, 2.75) is 20.5 Å². The van der Waals surface area contributed by atoms with Crippen molar-refractivity contribution in [1.29, 1.82) is 0 Å². The smallest absolute Gasteiger partial charge is 0.335 e. The molecule has 0 radical (unpaired) electrons. The highest BCUT2D eigenvalue weighted by molar-refractivity contribution is 9.10. The minimum atomic E-state index is -0.808. The number of nitrogens with zero attached hydrogens (tertiary/aromatic N) is 1. The number of ether oxygens (including phenoxy) is 2. The summed E-state index contributed by atoms with van der Waals surface area (Å²) in [6.07, 6.45) is 1.41. The number of urea groups is 1. The lowest BCUT2D eigenvalue weighted by Gasteiger charge is -2.27. The van der Waals surface area contributed by atoms with Crippen LogP contribution < -0.4 is 19.7 Å². The lowest BCUT2D eigenvalue weighted by atomic mass is 10.1. The molecule has 3 aromatic carbocycles. The van der Waals surface area contributed by atoms with Crippen LogP contribution in [0.3, 0.4) is 0 Å². The molecule has 1 heterocycles. The average molecular weight is 604 g/mol. The Balaban J connectivity index is 1.63. The molecule has 190 valence electrons. The Kier molecular flexibility index (Phi) is 8.22. The second kappa shape index (κ2) is 11.4. The number of amides is 4. The van der Waals surface area contributed by atoms with Crippen molar-refractivity contribution >= 4 is 68.7 Å². The molecule has 0 unspecified atom stereocenters. The molecule has 0 aromatic heterocycles. The second-order valence-corrected chi connectivity index (χ2v) is 9.81. The molecule has 1 aliphatic heterocycles. The first kappa shape index (κ1) is 26.7. The fourth-order valence-corrected chi connectivity index (χ4v) is 4.65. The van der Waals surface area contributed by atoms with Crippen molar-refractivity contribution in [1.82, 2.24) is 5.32 Å². The van der Waals surface area contributed by atoms with Crippen LogP contribution in [0.2, 0.25) is 10.0 Å². The van der Waals surface area contributed by atoms with Crippen molar-refractivity contribution < 1.29 is 23.9 Å². The van der Waals surface area contributed by atoms with Gasteiger partial charge in [0.15, 0.2) is 11.5 Å². The Labute approximate surface area is 232 Å². The van der Waals surface area contributed by atoms with Crippen LogP contribution >= 0.6 is 39.1 Å². The first-order valence-corrected chi connectivity index (χ1v) is 12.7. The minimum Gasteiger partial charge on any atom is -0.490 e. The Morgan fingerprint density at radius 2 is 1.76 bits per heavy atom. The molecule has 37 heavy (non-hydrogen) atoms. The maximum Gasteiger partial charge on any atom is 0.335 e. The summed E-state index contributed by atoms with van der Waals surface area (Å²) < 4.78 is 12.4. The summed E-state index contributed by atoms with van der Waals surface area (Å²) in [6.45, 7) is 4.14. The highest BCUT2D eigenvalue weighted by Gasteiger charge is 2.37.